The fourth-order valence-corrected chi connectivity index (χ4v) is 3.79. The van der Waals surface area contributed by atoms with Gasteiger partial charge in [-0.3, -0.25) is 0 Å². The van der Waals surface area contributed by atoms with Crippen molar-refractivity contribution >= 4 is 11.1 Å². The number of allylic oxidation sites excluding steroid dienone is 1. The van der Waals surface area contributed by atoms with E-state index in [1.165, 1.54) is 22.3 Å². The van der Waals surface area contributed by atoms with E-state index in [1.807, 2.05) is 20.2 Å². The first-order valence-corrected chi connectivity index (χ1v) is 10.7. The molecule has 0 radical (unpaired) electrons. The molecule has 3 aromatic carbocycles. The van der Waals surface area contributed by atoms with Crippen molar-refractivity contribution in [2.24, 2.45) is 0 Å². The lowest BCUT2D eigenvalue weighted by molar-refractivity contribution is 0.174. The van der Waals surface area contributed by atoms with Crippen LogP contribution in [0.3, 0.4) is 0 Å². The second kappa shape index (κ2) is 9.71. The predicted octanol–water partition coefficient (Wildman–Crippen LogP) is 5.72. The zero-order valence-electron chi connectivity index (χ0n) is 18.4. The zero-order chi connectivity index (χ0) is 21.6. The summed E-state index contributed by atoms with van der Waals surface area (Å²) in [6.45, 7) is 4.04. The van der Waals surface area contributed by atoms with E-state index in [0.717, 1.165) is 35.8 Å². The average molecular weight is 416 g/mol. The lowest BCUT2D eigenvalue weighted by Gasteiger charge is -2.17. The van der Waals surface area contributed by atoms with Crippen LogP contribution < -0.4 is 14.2 Å². The SMILES string of the molecule is CCC(=C(c1ccccc1)c1ccc(OCCN(C)C)cc1)c1ccc2c(c1)OCO2. The molecule has 0 aliphatic carbocycles. The number of benzene rings is 3. The van der Waals surface area contributed by atoms with Gasteiger partial charge in [-0.05, 0) is 72.6 Å². The molecule has 0 N–H and O–H groups in total. The number of hydrogen-bond donors (Lipinski definition) is 0. The van der Waals surface area contributed by atoms with Crippen molar-refractivity contribution in [3.05, 3.63) is 89.5 Å². The second-order valence-corrected chi connectivity index (χ2v) is 7.82. The molecule has 1 heterocycles. The number of ether oxygens (including phenoxy) is 3. The first-order valence-electron chi connectivity index (χ1n) is 10.7. The summed E-state index contributed by atoms with van der Waals surface area (Å²) >= 11 is 0. The summed E-state index contributed by atoms with van der Waals surface area (Å²) in [5, 5.41) is 0. The van der Waals surface area contributed by atoms with Crippen LogP contribution in [0.5, 0.6) is 17.2 Å². The summed E-state index contributed by atoms with van der Waals surface area (Å²) in [4.78, 5) is 2.11. The Morgan fingerprint density at radius 1 is 0.839 bits per heavy atom. The number of nitrogens with zero attached hydrogens (tertiary/aromatic N) is 1. The van der Waals surface area contributed by atoms with E-state index in [2.05, 4.69) is 78.6 Å². The Morgan fingerprint density at radius 3 is 2.23 bits per heavy atom. The molecular weight excluding hydrogens is 386 g/mol. The molecule has 0 amide bonds. The maximum atomic E-state index is 5.89. The second-order valence-electron chi connectivity index (χ2n) is 7.82. The van der Waals surface area contributed by atoms with Gasteiger partial charge in [0.1, 0.15) is 12.4 Å². The quantitative estimate of drug-likeness (QED) is 0.440. The molecule has 0 aromatic heterocycles. The largest absolute Gasteiger partial charge is 0.492 e. The number of fused-ring (bicyclic) bond motifs is 1. The van der Waals surface area contributed by atoms with Gasteiger partial charge in [-0.2, -0.15) is 0 Å². The fourth-order valence-electron chi connectivity index (χ4n) is 3.79. The molecule has 4 heteroatoms. The summed E-state index contributed by atoms with van der Waals surface area (Å²) < 4.78 is 17.0. The first-order chi connectivity index (χ1) is 15.2. The van der Waals surface area contributed by atoms with Gasteiger partial charge in [-0.1, -0.05) is 55.5 Å². The van der Waals surface area contributed by atoms with Crippen molar-refractivity contribution in [3.63, 3.8) is 0 Å². The summed E-state index contributed by atoms with van der Waals surface area (Å²) in [7, 11) is 4.09. The van der Waals surface area contributed by atoms with Crippen molar-refractivity contribution in [2.45, 2.75) is 13.3 Å². The van der Waals surface area contributed by atoms with E-state index >= 15 is 0 Å². The zero-order valence-corrected chi connectivity index (χ0v) is 18.4. The van der Waals surface area contributed by atoms with E-state index in [9.17, 15) is 0 Å². The molecule has 0 unspecified atom stereocenters. The van der Waals surface area contributed by atoms with Crippen molar-refractivity contribution in [1.29, 1.82) is 0 Å². The van der Waals surface area contributed by atoms with E-state index in [4.69, 9.17) is 14.2 Å². The molecule has 0 saturated carbocycles. The molecule has 0 atom stereocenters. The molecule has 0 bridgehead atoms. The highest BCUT2D eigenvalue weighted by atomic mass is 16.7. The van der Waals surface area contributed by atoms with Crippen LogP contribution in [0, 0.1) is 0 Å². The molecule has 4 rings (SSSR count). The maximum absolute atomic E-state index is 5.89. The van der Waals surface area contributed by atoms with E-state index in [-0.39, 0.29) is 6.79 Å². The topological polar surface area (TPSA) is 30.9 Å². The highest BCUT2D eigenvalue weighted by Gasteiger charge is 2.18. The van der Waals surface area contributed by atoms with Crippen molar-refractivity contribution in [1.82, 2.24) is 4.90 Å². The lowest BCUT2D eigenvalue weighted by atomic mass is 9.88. The minimum atomic E-state index is 0.283. The number of hydrogen-bond acceptors (Lipinski definition) is 4. The van der Waals surface area contributed by atoms with Crippen LogP contribution >= 0.6 is 0 Å². The molecule has 0 saturated heterocycles. The Hall–Kier alpha value is -3.24. The Bertz CT molecular complexity index is 1040. The van der Waals surface area contributed by atoms with Crippen molar-refractivity contribution in [3.8, 4) is 17.2 Å². The molecule has 4 nitrogen and oxygen atoms in total. The fraction of sp³-hybridized carbons (Fsp3) is 0.259. The molecule has 1 aliphatic rings. The standard InChI is InChI=1S/C27H29NO3/c1-4-24(22-12-15-25-26(18-22)31-19-30-25)27(20-8-6-5-7-9-20)21-10-13-23(14-11-21)29-17-16-28(2)3/h5-15,18H,4,16-17,19H2,1-3H3. The molecule has 0 fully saturated rings. The number of likely N-dealkylation sites (N-methyl/N-ethyl adjacent to an activating group) is 1. The number of rotatable bonds is 8. The van der Waals surface area contributed by atoms with Crippen LogP contribution in [0.4, 0.5) is 0 Å². The lowest BCUT2D eigenvalue weighted by Crippen LogP contribution is -2.19. The predicted molar refractivity (Wildman–Crippen MR) is 126 cm³/mol. The maximum Gasteiger partial charge on any atom is 0.231 e. The highest BCUT2D eigenvalue weighted by Crippen LogP contribution is 2.39. The summed E-state index contributed by atoms with van der Waals surface area (Å²) in [5.41, 5.74) is 6.00. The summed E-state index contributed by atoms with van der Waals surface area (Å²) in [5.74, 6) is 2.50. The minimum Gasteiger partial charge on any atom is -0.492 e. The van der Waals surface area contributed by atoms with Gasteiger partial charge >= 0.3 is 0 Å². The first kappa shape index (κ1) is 21.0. The smallest absolute Gasteiger partial charge is 0.231 e. The Morgan fingerprint density at radius 2 is 1.52 bits per heavy atom. The van der Waals surface area contributed by atoms with Gasteiger partial charge in [-0.25, -0.2) is 0 Å². The van der Waals surface area contributed by atoms with Crippen LogP contribution in [0.15, 0.2) is 72.8 Å². The van der Waals surface area contributed by atoms with Crippen LogP contribution in [0.1, 0.15) is 30.0 Å². The Labute approximate surface area is 184 Å². The van der Waals surface area contributed by atoms with Gasteiger partial charge in [0, 0.05) is 6.54 Å². The summed E-state index contributed by atoms with van der Waals surface area (Å²) in [6, 6.07) is 25.2. The average Bonchev–Trinajstić information content (AvgIpc) is 3.26. The van der Waals surface area contributed by atoms with Crippen LogP contribution in [-0.4, -0.2) is 38.9 Å². The molecule has 31 heavy (non-hydrogen) atoms. The molecule has 1 aliphatic heterocycles. The third-order valence-corrected chi connectivity index (χ3v) is 5.39. The van der Waals surface area contributed by atoms with Crippen LogP contribution in [0.2, 0.25) is 0 Å². The van der Waals surface area contributed by atoms with E-state index in [1.54, 1.807) is 0 Å². The Balaban J connectivity index is 1.74. The summed E-state index contributed by atoms with van der Waals surface area (Å²) in [6.07, 6.45) is 0.894. The van der Waals surface area contributed by atoms with E-state index < -0.39 is 0 Å². The Kier molecular flexibility index (Phi) is 6.58. The van der Waals surface area contributed by atoms with Gasteiger partial charge < -0.3 is 19.1 Å². The highest BCUT2D eigenvalue weighted by molar-refractivity contribution is 5.98. The molecule has 0 spiro atoms. The van der Waals surface area contributed by atoms with Crippen LogP contribution in [0.25, 0.3) is 11.1 Å². The van der Waals surface area contributed by atoms with Gasteiger partial charge in [0.25, 0.3) is 0 Å². The van der Waals surface area contributed by atoms with Crippen LogP contribution in [-0.2, 0) is 0 Å². The molecule has 160 valence electrons. The molecular formula is C27H29NO3. The van der Waals surface area contributed by atoms with Crippen molar-refractivity contribution < 1.29 is 14.2 Å². The van der Waals surface area contributed by atoms with Gasteiger partial charge in [-0.15, -0.1) is 0 Å². The molecule has 3 aromatic rings. The van der Waals surface area contributed by atoms with E-state index in [0.29, 0.717) is 6.61 Å². The van der Waals surface area contributed by atoms with Crippen molar-refractivity contribution in [2.75, 3.05) is 34.0 Å². The normalized spacial score (nSPS) is 13.3. The third-order valence-electron chi connectivity index (χ3n) is 5.39. The monoisotopic (exact) mass is 415 g/mol. The minimum absolute atomic E-state index is 0.283. The third kappa shape index (κ3) is 4.92. The van der Waals surface area contributed by atoms with Gasteiger partial charge in [0.05, 0.1) is 0 Å². The van der Waals surface area contributed by atoms with Gasteiger partial charge in [0.15, 0.2) is 11.5 Å². The van der Waals surface area contributed by atoms with Gasteiger partial charge in [0.2, 0.25) is 6.79 Å².